The van der Waals surface area contributed by atoms with Crippen LogP contribution in [0.2, 0.25) is 0 Å². The molecule has 7 heteroatoms. The zero-order chi connectivity index (χ0) is 14.8. The van der Waals surface area contributed by atoms with Crippen LogP contribution in [0.3, 0.4) is 0 Å². The molecule has 1 aromatic rings. The molecule has 0 amide bonds. The molecule has 5 nitrogen and oxygen atoms in total. The second-order valence-corrected chi connectivity index (χ2v) is 8.39. The van der Waals surface area contributed by atoms with Gasteiger partial charge in [-0.25, -0.2) is 8.42 Å². The molecule has 0 spiro atoms. The Morgan fingerprint density at radius 1 is 1.55 bits per heavy atom. The smallest absolute Gasteiger partial charge is 0.171 e. The lowest BCUT2D eigenvalue weighted by atomic mass is 10.2. The van der Waals surface area contributed by atoms with Crippen LogP contribution in [0.25, 0.3) is 0 Å². The van der Waals surface area contributed by atoms with Crippen molar-refractivity contribution in [3.05, 3.63) is 24.0 Å². The molecular weight excluding hydrogens is 296 g/mol. The second kappa shape index (κ2) is 6.32. The number of nitrogens with zero attached hydrogens (tertiary/aromatic N) is 2. The molecule has 1 fully saturated rings. The lowest BCUT2D eigenvalue weighted by molar-refractivity contribution is 0.194. The molecule has 1 aliphatic heterocycles. The Labute approximate surface area is 124 Å². The van der Waals surface area contributed by atoms with Gasteiger partial charge in [-0.1, -0.05) is 6.92 Å². The summed E-state index contributed by atoms with van der Waals surface area (Å²) >= 11 is 1.67. The first-order valence-electron chi connectivity index (χ1n) is 6.65. The molecule has 0 bridgehead atoms. The summed E-state index contributed by atoms with van der Waals surface area (Å²) < 4.78 is 24.4. The maximum absolute atomic E-state index is 12.2. The summed E-state index contributed by atoms with van der Waals surface area (Å²) in [6.07, 6.45) is 1.03. The van der Waals surface area contributed by atoms with Gasteiger partial charge in [-0.3, -0.25) is 4.98 Å². The summed E-state index contributed by atoms with van der Waals surface area (Å²) in [7, 11) is -3.12. The molecule has 2 heterocycles. The van der Waals surface area contributed by atoms with Crippen LogP contribution < -0.4 is 4.90 Å². The van der Waals surface area contributed by atoms with E-state index in [4.69, 9.17) is 0 Å². The summed E-state index contributed by atoms with van der Waals surface area (Å²) in [6, 6.07) is 3.58. The number of hydrogen-bond donors (Lipinski definition) is 1. The van der Waals surface area contributed by atoms with Gasteiger partial charge in [-0.2, -0.15) is 11.8 Å². The van der Waals surface area contributed by atoms with Crippen LogP contribution in [-0.4, -0.2) is 47.7 Å². The van der Waals surface area contributed by atoms with Crippen molar-refractivity contribution in [2.45, 2.75) is 25.3 Å². The number of aliphatic hydroxyl groups is 1. The number of anilines is 1. The number of thioether (sulfide) groups is 1. The molecule has 0 aromatic carbocycles. The van der Waals surface area contributed by atoms with Gasteiger partial charge in [0.25, 0.3) is 0 Å². The second-order valence-electron chi connectivity index (χ2n) is 4.79. The minimum Gasteiger partial charge on any atom is -0.387 e. The standard InChI is InChI=1S/C13H20N2O3S2/c1-3-20(17,18)13-9-19-7-6-15(13)11-4-5-12(10(2)16)14-8-11/h4-5,8,10,13,16H,3,6-7,9H2,1-2H3/t10-,13?/m0/s1. The fraction of sp³-hybridized carbons (Fsp3) is 0.615. The van der Waals surface area contributed by atoms with Gasteiger partial charge in [-0.15, -0.1) is 0 Å². The van der Waals surface area contributed by atoms with Crippen LogP contribution in [0.1, 0.15) is 25.6 Å². The van der Waals surface area contributed by atoms with Gasteiger partial charge in [0.15, 0.2) is 9.84 Å². The largest absolute Gasteiger partial charge is 0.387 e. The van der Waals surface area contributed by atoms with Gasteiger partial charge in [0, 0.05) is 23.8 Å². The molecule has 1 unspecified atom stereocenters. The van der Waals surface area contributed by atoms with Gasteiger partial charge < -0.3 is 10.0 Å². The molecule has 0 saturated carbocycles. The minimum atomic E-state index is -3.12. The molecule has 0 radical (unpaired) electrons. The predicted octanol–water partition coefficient (Wildman–Crippen LogP) is 1.45. The fourth-order valence-electron chi connectivity index (χ4n) is 2.18. The molecule has 0 aliphatic carbocycles. The Balaban J connectivity index is 2.28. The van der Waals surface area contributed by atoms with Crippen molar-refractivity contribution < 1.29 is 13.5 Å². The third-order valence-corrected chi connectivity index (χ3v) is 6.72. The van der Waals surface area contributed by atoms with Crippen LogP contribution in [0.4, 0.5) is 5.69 Å². The number of aromatic nitrogens is 1. The Kier molecular flexibility index (Phi) is 4.93. The van der Waals surface area contributed by atoms with E-state index in [9.17, 15) is 13.5 Å². The molecule has 2 rings (SSSR count). The Hall–Kier alpha value is -0.790. The summed E-state index contributed by atoms with van der Waals surface area (Å²) in [5, 5.41) is 8.99. The van der Waals surface area contributed by atoms with Gasteiger partial charge in [0.1, 0.15) is 5.37 Å². The van der Waals surface area contributed by atoms with Gasteiger partial charge >= 0.3 is 0 Å². The average molecular weight is 316 g/mol. The van der Waals surface area contributed by atoms with Crippen molar-refractivity contribution >= 4 is 27.3 Å². The first kappa shape index (κ1) is 15.6. The van der Waals surface area contributed by atoms with E-state index < -0.39 is 21.3 Å². The van der Waals surface area contributed by atoms with E-state index in [2.05, 4.69) is 4.98 Å². The highest BCUT2D eigenvalue weighted by molar-refractivity contribution is 8.01. The predicted molar refractivity (Wildman–Crippen MR) is 82.8 cm³/mol. The maximum atomic E-state index is 12.2. The van der Waals surface area contributed by atoms with Gasteiger partial charge in [0.05, 0.1) is 23.7 Å². The van der Waals surface area contributed by atoms with Crippen molar-refractivity contribution in [3.63, 3.8) is 0 Å². The molecule has 1 aliphatic rings. The number of sulfone groups is 1. The average Bonchev–Trinajstić information content (AvgIpc) is 2.47. The zero-order valence-corrected chi connectivity index (χ0v) is 13.3. The number of aliphatic hydroxyl groups excluding tert-OH is 1. The van der Waals surface area contributed by atoms with Crippen LogP contribution in [0.5, 0.6) is 0 Å². The summed E-state index contributed by atoms with van der Waals surface area (Å²) in [5.74, 6) is 1.65. The van der Waals surface area contributed by atoms with E-state index in [-0.39, 0.29) is 5.75 Å². The maximum Gasteiger partial charge on any atom is 0.171 e. The molecule has 1 N–H and O–H groups in total. The number of hydrogen-bond acceptors (Lipinski definition) is 6. The Bertz CT molecular complexity index is 543. The van der Waals surface area contributed by atoms with Gasteiger partial charge in [-0.05, 0) is 19.1 Å². The van der Waals surface area contributed by atoms with Crippen molar-refractivity contribution in [1.82, 2.24) is 4.98 Å². The molecular formula is C13H20N2O3S2. The van der Waals surface area contributed by atoms with E-state index in [1.165, 1.54) is 0 Å². The minimum absolute atomic E-state index is 0.147. The van der Waals surface area contributed by atoms with Crippen molar-refractivity contribution in [3.8, 4) is 0 Å². The lowest BCUT2D eigenvalue weighted by Crippen LogP contribution is -2.48. The Morgan fingerprint density at radius 2 is 2.30 bits per heavy atom. The number of rotatable bonds is 4. The summed E-state index contributed by atoms with van der Waals surface area (Å²) in [4.78, 5) is 6.11. The molecule has 112 valence electrons. The molecule has 1 aromatic heterocycles. The highest BCUT2D eigenvalue weighted by atomic mass is 32.2. The van der Waals surface area contributed by atoms with E-state index in [0.717, 1.165) is 11.4 Å². The van der Waals surface area contributed by atoms with E-state index in [1.807, 2.05) is 11.0 Å². The van der Waals surface area contributed by atoms with Crippen molar-refractivity contribution in [2.75, 3.05) is 28.7 Å². The first-order valence-corrected chi connectivity index (χ1v) is 9.52. The molecule has 2 atom stereocenters. The fourth-order valence-corrected chi connectivity index (χ4v) is 5.17. The van der Waals surface area contributed by atoms with E-state index in [0.29, 0.717) is 18.0 Å². The highest BCUT2D eigenvalue weighted by Crippen LogP contribution is 2.27. The normalized spacial score (nSPS) is 21.8. The van der Waals surface area contributed by atoms with Crippen LogP contribution in [-0.2, 0) is 9.84 Å². The first-order chi connectivity index (χ1) is 9.45. The van der Waals surface area contributed by atoms with Crippen LogP contribution in [0, 0.1) is 0 Å². The summed E-state index contributed by atoms with van der Waals surface area (Å²) in [6.45, 7) is 4.04. The number of pyridine rings is 1. The monoisotopic (exact) mass is 316 g/mol. The molecule has 1 saturated heterocycles. The van der Waals surface area contributed by atoms with E-state index >= 15 is 0 Å². The quantitative estimate of drug-likeness (QED) is 0.906. The SMILES string of the molecule is CCS(=O)(=O)C1CSCCN1c1ccc([C@H](C)O)nc1. The summed E-state index contributed by atoms with van der Waals surface area (Å²) in [5.41, 5.74) is 1.40. The Morgan fingerprint density at radius 3 is 2.85 bits per heavy atom. The van der Waals surface area contributed by atoms with E-state index in [1.54, 1.807) is 37.9 Å². The van der Waals surface area contributed by atoms with Gasteiger partial charge in [0.2, 0.25) is 0 Å². The zero-order valence-electron chi connectivity index (χ0n) is 11.7. The molecule has 20 heavy (non-hydrogen) atoms. The van der Waals surface area contributed by atoms with Crippen LogP contribution >= 0.6 is 11.8 Å². The van der Waals surface area contributed by atoms with Crippen molar-refractivity contribution in [2.24, 2.45) is 0 Å². The third kappa shape index (κ3) is 3.27. The third-order valence-electron chi connectivity index (χ3n) is 3.43. The highest BCUT2D eigenvalue weighted by Gasteiger charge is 2.33. The lowest BCUT2D eigenvalue weighted by Gasteiger charge is -2.36. The van der Waals surface area contributed by atoms with Crippen LogP contribution in [0.15, 0.2) is 18.3 Å². The van der Waals surface area contributed by atoms with Crippen molar-refractivity contribution in [1.29, 1.82) is 0 Å². The topological polar surface area (TPSA) is 70.5 Å².